The maximum Gasteiger partial charge on any atom is 0.407 e. The molecule has 0 bridgehead atoms. The fourth-order valence-electron chi connectivity index (χ4n) is 2.92. The van der Waals surface area contributed by atoms with Crippen LogP contribution in [0.3, 0.4) is 0 Å². The molecule has 0 aliphatic carbocycles. The molecule has 2 aromatic carbocycles. The summed E-state index contributed by atoms with van der Waals surface area (Å²) in [5.41, 5.74) is 3.06. The smallest absolute Gasteiger partial charge is 0.407 e. The summed E-state index contributed by atoms with van der Waals surface area (Å²) in [4.78, 5) is 16.9. The lowest BCUT2D eigenvalue weighted by Crippen LogP contribution is -2.22. The summed E-state index contributed by atoms with van der Waals surface area (Å²) in [6.45, 7) is 3.73. The van der Waals surface area contributed by atoms with E-state index in [2.05, 4.69) is 30.2 Å². The summed E-state index contributed by atoms with van der Waals surface area (Å²) >= 11 is 0. The first kappa shape index (κ1) is 21.9. The molecule has 0 atom stereocenters. The van der Waals surface area contributed by atoms with Gasteiger partial charge in [0, 0.05) is 17.7 Å². The molecule has 0 fully saturated rings. The average Bonchev–Trinajstić information content (AvgIpc) is 3.22. The second kappa shape index (κ2) is 9.33. The van der Waals surface area contributed by atoms with Gasteiger partial charge in [-0.1, -0.05) is 17.3 Å². The molecule has 0 saturated carbocycles. The number of carbonyl (C=O) groups is 1. The van der Waals surface area contributed by atoms with Gasteiger partial charge in [-0.25, -0.2) is 13.6 Å². The largest absolute Gasteiger partial charge is 0.453 e. The molecule has 0 saturated heterocycles. The number of methoxy groups -OCH3 is 1. The van der Waals surface area contributed by atoms with Crippen molar-refractivity contribution in [3.05, 3.63) is 64.9 Å². The highest BCUT2D eigenvalue weighted by molar-refractivity contribution is 5.98. The summed E-state index contributed by atoms with van der Waals surface area (Å²) in [7, 11) is 2.63. The summed E-state index contributed by atoms with van der Waals surface area (Å²) in [6, 6.07) is 7.77. The van der Waals surface area contributed by atoms with E-state index in [0.717, 1.165) is 28.1 Å². The molecule has 3 rings (SSSR count). The minimum absolute atomic E-state index is 0.245. The molecular weight excluding hydrogens is 408 g/mol. The molecule has 1 amide bonds. The van der Waals surface area contributed by atoms with Gasteiger partial charge in [-0.2, -0.15) is 5.10 Å². The van der Waals surface area contributed by atoms with Crippen molar-refractivity contribution in [1.29, 1.82) is 0 Å². The number of oxime groups is 1. The van der Waals surface area contributed by atoms with E-state index in [-0.39, 0.29) is 12.1 Å². The van der Waals surface area contributed by atoms with Crippen LogP contribution in [0.5, 0.6) is 0 Å². The molecule has 10 heteroatoms. The van der Waals surface area contributed by atoms with Gasteiger partial charge in [0.1, 0.15) is 12.8 Å². The van der Waals surface area contributed by atoms with Gasteiger partial charge < -0.3 is 14.9 Å². The van der Waals surface area contributed by atoms with Crippen LogP contribution < -0.4 is 5.32 Å². The Labute approximate surface area is 177 Å². The lowest BCUT2D eigenvalue weighted by Gasteiger charge is -2.09. The number of amides is 1. The van der Waals surface area contributed by atoms with E-state index in [0.29, 0.717) is 17.0 Å². The molecule has 0 spiro atoms. The highest BCUT2D eigenvalue weighted by atomic mass is 19.1. The molecule has 8 nitrogen and oxygen atoms in total. The Kier molecular flexibility index (Phi) is 6.58. The number of benzene rings is 2. The number of hydrogen-bond donors (Lipinski definition) is 1. The van der Waals surface area contributed by atoms with Gasteiger partial charge >= 0.3 is 6.09 Å². The Morgan fingerprint density at radius 2 is 1.90 bits per heavy atom. The topological polar surface area (TPSA) is 90.6 Å². The van der Waals surface area contributed by atoms with E-state index >= 15 is 0 Å². The maximum absolute atomic E-state index is 14.6. The zero-order valence-corrected chi connectivity index (χ0v) is 17.4. The fourth-order valence-corrected chi connectivity index (χ4v) is 2.92. The molecule has 0 unspecified atom stereocenters. The van der Waals surface area contributed by atoms with E-state index in [1.54, 1.807) is 6.92 Å². The zero-order chi connectivity index (χ0) is 22.5. The Bertz CT molecular complexity index is 1120. The summed E-state index contributed by atoms with van der Waals surface area (Å²) in [5.74, 6) is -1.68. The van der Waals surface area contributed by atoms with Crippen molar-refractivity contribution < 1.29 is 23.1 Å². The number of alkyl carbamates (subject to hydrolysis) is 1. The van der Waals surface area contributed by atoms with Gasteiger partial charge in [0.25, 0.3) is 0 Å². The van der Waals surface area contributed by atoms with Crippen molar-refractivity contribution >= 4 is 11.8 Å². The first-order valence-corrected chi connectivity index (χ1v) is 9.25. The van der Waals surface area contributed by atoms with Crippen LogP contribution in [-0.2, 0) is 16.1 Å². The second-order valence-corrected chi connectivity index (χ2v) is 6.65. The Hall–Kier alpha value is -3.82. The maximum atomic E-state index is 14.6. The van der Waals surface area contributed by atoms with Crippen molar-refractivity contribution in [2.24, 2.45) is 5.16 Å². The number of nitrogens with one attached hydrogen (secondary N) is 1. The van der Waals surface area contributed by atoms with E-state index in [1.165, 1.54) is 20.4 Å². The van der Waals surface area contributed by atoms with E-state index < -0.39 is 23.4 Å². The lowest BCUT2D eigenvalue weighted by molar-refractivity contribution is 0.170. The standard InChI is InChI=1S/C21H21F2N5O3/c1-12-5-6-14(7-16(12)10-24-21(29)30-3)19-11-25-28(26-19)20-17(22)8-15(9-18(20)23)13(2)27-31-4/h5-9,11H,10H2,1-4H3,(H,24,29)/b27-13+. The highest BCUT2D eigenvalue weighted by Gasteiger charge is 2.18. The quantitative estimate of drug-likeness (QED) is 0.476. The van der Waals surface area contributed by atoms with Gasteiger partial charge in [-0.05, 0) is 43.2 Å². The molecule has 1 heterocycles. The number of nitrogens with zero attached hydrogens (tertiary/aromatic N) is 4. The number of aryl methyl sites for hydroxylation is 1. The van der Waals surface area contributed by atoms with Crippen molar-refractivity contribution in [2.75, 3.05) is 14.2 Å². The number of aromatic nitrogens is 3. The average molecular weight is 429 g/mol. The Morgan fingerprint density at radius 1 is 1.19 bits per heavy atom. The summed E-state index contributed by atoms with van der Waals surface area (Å²) in [5, 5.41) is 14.5. The van der Waals surface area contributed by atoms with Gasteiger partial charge in [-0.3, -0.25) is 0 Å². The molecule has 0 aliphatic heterocycles. The van der Waals surface area contributed by atoms with Crippen molar-refractivity contribution in [2.45, 2.75) is 20.4 Å². The zero-order valence-electron chi connectivity index (χ0n) is 17.4. The minimum Gasteiger partial charge on any atom is -0.453 e. The van der Waals surface area contributed by atoms with Crippen LogP contribution in [0.25, 0.3) is 16.9 Å². The van der Waals surface area contributed by atoms with Crippen molar-refractivity contribution in [3.8, 4) is 16.9 Å². The molecular formula is C21H21F2N5O3. The molecule has 1 aromatic heterocycles. The third-order valence-corrected chi connectivity index (χ3v) is 4.61. The highest BCUT2D eigenvalue weighted by Crippen LogP contribution is 2.23. The van der Waals surface area contributed by atoms with E-state index in [4.69, 9.17) is 0 Å². The van der Waals surface area contributed by atoms with E-state index in [1.807, 2.05) is 25.1 Å². The molecule has 162 valence electrons. The number of carbonyl (C=O) groups excluding carboxylic acids is 1. The Balaban J connectivity index is 1.92. The molecule has 0 radical (unpaired) electrons. The normalized spacial score (nSPS) is 11.4. The molecule has 3 aromatic rings. The van der Waals surface area contributed by atoms with Gasteiger partial charge in [0.15, 0.2) is 17.3 Å². The van der Waals surface area contributed by atoms with Crippen molar-refractivity contribution in [1.82, 2.24) is 20.3 Å². The Morgan fingerprint density at radius 3 is 2.55 bits per heavy atom. The fraction of sp³-hybridized carbons (Fsp3) is 0.238. The van der Waals surface area contributed by atoms with Crippen LogP contribution in [0, 0.1) is 18.6 Å². The van der Waals surface area contributed by atoms with E-state index in [9.17, 15) is 13.6 Å². The number of hydrogen-bond acceptors (Lipinski definition) is 6. The third kappa shape index (κ3) is 4.85. The molecule has 31 heavy (non-hydrogen) atoms. The number of ether oxygens (including phenoxy) is 1. The molecule has 0 aliphatic rings. The SMILES string of the molecule is CO/N=C(\C)c1cc(F)c(-n2ncc(-c3ccc(C)c(CNC(=O)OC)c3)n2)c(F)c1. The van der Waals surface area contributed by atoms with Crippen LogP contribution >= 0.6 is 0 Å². The third-order valence-electron chi connectivity index (χ3n) is 4.61. The van der Waals surface area contributed by atoms with Crippen LogP contribution in [0.4, 0.5) is 13.6 Å². The minimum atomic E-state index is -0.838. The first-order valence-electron chi connectivity index (χ1n) is 9.25. The predicted octanol–water partition coefficient (Wildman–Crippen LogP) is 3.75. The second-order valence-electron chi connectivity index (χ2n) is 6.65. The first-order chi connectivity index (χ1) is 14.8. The number of rotatable bonds is 6. The number of halogens is 2. The van der Waals surface area contributed by atoms with Crippen LogP contribution in [0.15, 0.2) is 41.7 Å². The van der Waals surface area contributed by atoms with Crippen LogP contribution in [0.2, 0.25) is 0 Å². The monoisotopic (exact) mass is 429 g/mol. The van der Waals surface area contributed by atoms with Crippen molar-refractivity contribution in [3.63, 3.8) is 0 Å². The van der Waals surface area contributed by atoms with Gasteiger partial charge in [0.05, 0.1) is 19.0 Å². The molecule has 1 N–H and O–H groups in total. The van der Waals surface area contributed by atoms with Crippen LogP contribution in [0.1, 0.15) is 23.6 Å². The predicted molar refractivity (Wildman–Crippen MR) is 110 cm³/mol. The lowest BCUT2D eigenvalue weighted by atomic mass is 10.0. The summed E-state index contributed by atoms with van der Waals surface area (Å²) < 4.78 is 33.9. The summed E-state index contributed by atoms with van der Waals surface area (Å²) in [6.07, 6.45) is 0.864. The van der Waals surface area contributed by atoms with Gasteiger partial charge in [0.2, 0.25) is 0 Å². The van der Waals surface area contributed by atoms with Crippen LogP contribution in [-0.4, -0.2) is 41.0 Å². The van der Waals surface area contributed by atoms with Gasteiger partial charge in [-0.15, -0.1) is 9.90 Å².